The number of nitrogens with one attached hydrogen (secondary N) is 1. The quantitative estimate of drug-likeness (QED) is 0.627. The van der Waals surface area contributed by atoms with Crippen LogP contribution in [0.4, 0.5) is 21.6 Å². The average Bonchev–Trinajstić information content (AvgIpc) is 3.28. The number of halogens is 2. The Kier molecular flexibility index (Phi) is 4.61. The summed E-state index contributed by atoms with van der Waals surface area (Å²) in [5.41, 5.74) is 7.50. The van der Waals surface area contributed by atoms with E-state index >= 15 is 0 Å². The first kappa shape index (κ1) is 18.4. The van der Waals surface area contributed by atoms with Gasteiger partial charge in [0.25, 0.3) is 0 Å². The molecule has 150 valence electrons. The second-order valence-electron chi connectivity index (χ2n) is 7.04. The lowest BCUT2D eigenvalue weighted by molar-refractivity contribution is 0.0310. The number of fused-ring (bicyclic) bond motifs is 2. The van der Waals surface area contributed by atoms with Crippen LogP contribution in [0.2, 0.25) is 5.02 Å². The lowest BCUT2D eigenvalue weighted by atomic mass is 10.1. The minimum absolute atomic E-state index is 0.0278. The van der Waals surface area contributed by atoms with Crippen molar-refractivity contribution in [2.45, 2.75) is 24.7 Å². The molecule has 3 atom stereocenters. The molecule has 29 heavy (non-hydrogen) atoms. The third-order valence-electron chi connectivity index (χ3n) is 5.11. The summed E-state index contributed by atoms with van der Waals surface area (Å²) in [5, 5.41) is 4.22. The van der Waals surface area contributed by atoms with Gasteiger partial charge in [0.1, 0.15) is 29.8 Å². The molecule has 2 fully saturated rings. The molecule has 2 aliphatic rings. The van der Waals surface area contributed by atoms with Crippen LogP contribution in [0.1, 0.15) is 6.42 Å². The van der Waals surface area contributed by atoms with E-state index < -0.39 is 5.82 Å². The monoisotopic (exact) mass is 416 g/mol. The van der Waals surface area contributed by atoms with Gasteiger partial charge in [-0.25, -0.2) is 14.4 Å². The average molecular weight is 417 g/mol. The van der Waals surface area contributed by atoms with E-state index in [0.29, 0.717) is 52.1 Å². The van der Waals surface area contributed by atoms with E-state index in [-0.39, 0.29) is 18.3 Å². The van der Waals surface area contributed by atoms with Crippen molar-refractivity contribution in [2.24, 2.45) is 0 Å². The van der Waals surface area contributed by atoms with E-state index in [1.165, 1.54) is 18.5 Å². The third-order valence-corrected chi connectivity index (χ3v) is 5.41. The molecule has 0 bridgehead atoms. The van der Waals surface area contributed by atoms with Crippen molar-refractivity contribution in [3.63, 3.8) is 0 Å². The van der Waals surface area contributed by atoms with Crippen LogP contribution in [-0.4, -0.2) is 41.5 Å². The summed E-state index contributed by atoms with van der Waals surface area (Å²) in [4.78, 5) is 8.52. The zero-order valence-electron chi connectivity index (χ0n) is 15.3. The summed E-state index contributed by atoms with van der Waals surface area (Å²) in [6.07, 6.45) is 1.82. The summed E-state index contributed by atoms with van der Waals surface area (Å²) in [5.74, 6) is 0.397. The number of anilines is 3. The Bertz CT molecular complexity index is 1080. The normalized spacial score (nSPS) is 23.3. The minimum atomic E-state index is -0.410. The van der Waals surface area contributed by atoms with Gasteiger partial charge in [-0.05, 0) is 30.7 Å². The maximum absolute atomic E-state index is 14.0. The fourth-order valence-corrected chi connectivity index (χ4v) is 4.09. The molecular weight excluding hydrogens is 399 g/mol. The van der Waals surface area contributed by atoms with Crippen molar-refractivity contribution < 1.29 is 18.6 Å². The lowest BCUT2D eigenvalue weighted by Crippen LogP contribution is -2.32. The van der Waals surface area contributed by atoms with Crippen molar-refractivity contribution in [1.82, 2.24) is 9.97 Å². The van der Waals surface area contributed by atoms with Crippen LogP contribution in [0.3, 0.4) is 0 Å². The van der Waals surface area contributed by atoms with Crippen molar-refractivity contribution in [2.75, 3.05) is 24.3 Å². The van der Waals surface area contributed by atoms with Gasteiger partial charge in [0.15, 0.2) is 6.10 Å². The molecule has 0 saturated carbocycles. The summed E-state index contributed by atoms with van der Waals surface area (Å²) >= 11 is 6.37. The number of benzene rings is 2. The topological polar surface area (TPSA) is 91.5 Å². The van der Waals surface area contributed by atoms with Gasteiger partial charge in [-0.15, -0.1) is 0 Å². The van der Waals surface area contributed by atoms with E-state index in [4.69, 9.17) is 31.5 Å². The Morgan fingerprint density at radius 1 is 1.21 bits per heavy atom. The number of rotatable bonds is 4. The van der Waals surface area contributed by atoms with Crippen LogP contribution in [0, 0.1) is 5.82 Å². The maximum atomic E-state index is 14.0. The second kappa shape index (κ2) is 7.29. The summed E-state index contributed by atoms with van der Waals surface area (Å²) in [6, 6.07) is 7.61. The SMILES string of the molecule is Nc1cc(Cl)c2c(Nc3ccc(F)cc3O[C@@H]3COC4CCOC43)ncnc2c1. The Hall–Kier alpha value is -2.68. The summed E-state index contributed by atoms with van der Waals surface area (Å²) in [6.45, 7) is 1.03. The molecule has 2 aliphatic heterocycles. The lowest BCUT2D eigenvalue weighted by Gasteiger charge is -2.21. The van der Waals surface area contributed by atoms with Crippen molar-refractivity contribution in [3.8, 4) is 5.75 Å². The van der Waals surface area contributed by atoms with Crippen LogP contribution in [0.5, 0.6) is 5.75 Å². The van der Waals surface area contributed by atoms with Gasteiger partial charge in [-0.2, -0.15) is 0 Å². The highest BCUT2D eigenvalue weighted by Crippen LogP contribution is 2.36. The van der Waals surface area contributed by atoms with Crippen molar-refractivity contribution in [1.29, 1.82) is 0 Å². The fourth-order valence-electron chi connectivity index (χ4n) is 3.78. The molecule has 0 aliphatic carbocycles. The molecule has 0 spiro atoms. The molecule has 0 radical (unpaired) electrons. The van der Waals surface area contributed by atoms with Gasteiger partial charge in [-0.1, -0.05) is 11.6 Å². The zero-order chi connectivity index (χ0) is 20.0. The number of nitrogens with two attached hydrogens (primary N) is 1. The number of hydrogen-bond acceptors (Lipinski definition) is 7. The Morgan fingerprint density at radius 3 is 3.00 bits per heavy atom. The molecule has 3 aromatic rings. The first-order valence-corrected chi connectivity index (χ1v) is 9.62. The number of nitrogens with zero attached hydrogens (tertiary/aromatic N) is 2. The highest BCUT2D eigenvalue weighted by Gasteiger charge is 2.43. The molecule has 5 rings (SSSR count). The molecule has 1 aromatic heterocycles. The Morgan fingerprint density at radius 2 is 2.10 bits per heavy atom. The molecule has 3 N–H and O–H groups in total. The first-order valence-electron chi connectivity index (χ1n) is 9.24. The molecule has 2 aromatic carbocycles. The van der Waals surface area contributed by atoms with Crippen LogP contribution >= 0.6 is 11.6 Å². The second-order valence-corrected chi connectivity index (χ2v) is 7.44. The van der Waals surface area contributed by atoms with E-state index in [9.17, 15) is 4.39 Å². The summed E-state index contributed by atoms with van der Waals surface area (Å²) < 4.78 is 31.5. The van der Waals surface area contributed by atoms with Gasteiger partial charge in [0.2, 0.25) is 0 Å². The van der Waals surface area contributed by atoms with Gasteiger partial charge >= 0.3 is 0 Å². The third kappa shape index (κ3) is 3.43. The van der Waals surface area contributed by atoms with Gasteiger partial charge < -0.3 is 25.3 Å². The molecule has 3 heterocycles. The number of aromatic nitrogens is 2. The highest BCUT2D eigenvalue weighted by molar-refractivity contribution is 6.36. The van der Waals surface area contributed by atoms with Crippen LogP contribution in [-0.2, 0) is 9.47 Å². The summed E-state index contributed by atoms with van der Waals surface area (Å²) in [7, 11) is 0. The van der Waals surface area contributed by atoms with E-state index in [0.717, 1.165) is 6.42 Å². The Balaban J connectivity index is 1.49. The van der Waals surface area contributed by atoms with Crippen LogP contribution in [0.25, 0.3) is 10.9 Å². The highest BCUT2D eigenvalue weighted by atomic mass is 35.5. The molecule has 9 heteroatoms. The van der Waals surface area contributed by atoms with Crippen LogP contribution < -0.4 is 15.8 Å². The smallest absolute Gasteiger partial charge is 0.151 e. The van der Waals surface area contributed by atoms with Crippen LogP contribution in [0.15, 0.2) is 36.7 Å². The molecular formula is C20H18ClFN4O3. The fraction of sp³-hybridized carbons (Fsp3) is 0.300. The molecule has 2 saturated heterocycles. The minimum Gasteiger partial charge on any atom is -0.483 e. The van der Waals surface area contributed by atoms with E-state index in [1.54, 1.807) is 18.2 Å². The first-order chi connectivity index (χ1) is 14.1. The van der Waals surface area contributed by atoms with Gasteiger partial charge in [0.05, 0.1) is 34.3 Å². The van der Waals surface area contributed by atoms with Crippen molar-refractivity contribution in [3.05, 3.63) is 47.5 Å². The molecule has 0 amide bonds. The predicted octanol–water partition coefficient (Wildman–Crippen LogP) is 3.68. The zero-order valence-corrected chi connectivity index (χ0v) is 16.0. The number of hydrogen-bond donors (Lipinski definition) is 2. The Labute approximate surface area is 170 Å². The maximum Gasteiger partial charge on any atom is 0.151 e. The van der Waals surface area contributed by atoms with Crippen molar-refractivity contribution >= 4 is 39.7 Å². The van der Waals surface area contributed by atoms with E-state index in [1.807, 2.05) is 0 Å². The molecule has 2 unspecified atom stereocenters. The number of nitrogen functional groups attached to an aromatic ring is 1. The molecule has 7 nitrogen and oxygen atoms in total. The van der Waals surface area contributed by atoms with Gasteiger partial charge in [-0.3, -0.25) is 0 Å². The van der Waals surface area contributed by atoms with E-state index in [2.05, 4.69) is 15.3 Å². The standard InChI is InChI=1S/C20H18ClFN4O3/c21-12-6-11(23)7-14-18(12)20(25-9-24-14)26-13-2-1-10(22)5-16(13)29-17-8-28-15-3-4-27-19(15)17/h1-2,5-7,9,15,17,19H,3-4,8,23H2,(H,24,25,26)/t15?,17-,19?/m1/s1. The predicted molar refractivity (Wildman–Crippen MR) is 107 cm³/mol. The number of ether oxygens (including phenoxy) is 3. The van der Waals surface area contributed by atoms with Gasteiger partial charge in [0, 0.05) is 18.4 Å². The largest absolute Gasteiger partial charge is 0.483 e.